The van der Waals surface area contributed by atoms with Gasteiger partial charge in [0.15, 0.2) is 0 Å². The third-order valence-electron chi connectivity index (χ3n) is 9.84. The molecule has 4 heterocycles. The van der Waals surface area contributed by atoms with Gasteiger partial charge in [-0.25, -0.2) is 9.97 Å². The van der Waals surface area contributed by atoms with E-state index in [2.05, 4.69) is 15.3 Å². The van der Waals surface area contributed by atoms with E-state index in [1.54, 1.807) is 60.8 Å². The first-order valence-corrected chi connectivity index (χ1v) is 19.5. The Balaban J connectivity index is 0.830. The molecule has 0 radical (unpaired) electrons. The van der Waals surface area contributed by atoms with Crippen molar-refractivity contribution in [2.24, 2.45) is 0 Å². The number of hydrogen-bond acceptors (Lipinski definition) is 11. The zero-order valence-corrected chi connectivity index (χ0v) is 32.6. The number of fused-ring (bicyclic) bond motifs is 2. The number of Topliss-reactive ketones (excluding diaryl/α,β-unsaturated/α-hetero) is 1. The molecule has 58 heavy (non-hydrogen) atoms. The van der Waals surface area contributed by atoms with E-state index in [4.69, 9.17) is 14.2 Å². The molecule has 0 saturated carbocycles. The molecule has 1 N–H and O–H groups in total. The highest BCUT2D eigenvalue weighted by atomic mass is 32.1. The third kappa shape index (κ3) is 9.35. The van der Waals surface area contributed by atoms with E-state index in [1.807, 2.05) is 19.0 Å². The number of rotatable bonds is 16. The molecule has 1 fully saturated rings. The first-order chi connectivity index (χ1) is 27.8. The Morgan fingerprint density at radius 2 is 1.67 bits per heavy atom. The summed E-state index contributed by atoms with van der Waals surface area (Å²) in [6.45, 7) is 1.58. The minimum atomic E-state index is -4.61. The second-order valence-electron chi connectivity index (χ2n) is 14.1. The number of ether oxygens (including phenoxy) is 3. The number of ketones is 1. The number of thiazole rings is 1. The largest absolute Gasteiger partial charge is 0.491 e. The SMILES string of the molecule is CN(C)c1ccc(-c2ccc(-c3nc4ccc(CC(=O)CCOCCOCCOc5ccc6c(c5)CN(C5CCC(=O)NC5=O)C6=O)cc4s3)c(C(F)(F)F)c2)cn1. The molecule has 3 amide bonds. The number of alkyl halides is 3. The number of nitrogens with one attached hydrogen (secondary N) is 1. The number of piperidine rings is 1. The number of amides is 3. The van der Waals surface area contributed by atoms with Gasteiger partial charge in [0.25, 0.3) is 5.91 Å². The van der Waals surface area contributed by atoms with Crippen LogP contribution in [0.5, 0.6) is 5.75 Å². The second kappa shape index (κ2) is 17.4. The van der Waals surface area contributed by atoms with Gasteiger partial charge < -0.3 is 24.0 Å². The van der Waals surface area contributed by atoms with Crippen LogP contribution in [0.4, 0.5) is 19.0 Å². The molecule has 2 aromatic heterocycles. The summed E-state index contributed by atoms with van der Waals surface area (Å²) in [7, 11) is 3.67. The van der Waals surface area contributed by atoms with Crippen LogP contribution in [-0.2, 0) is 43.0 Å². The molecule has 1 saturated heterocycles. The fourth-order valence-corrected chi connectivity index (χ4v) is 7.91. The molecule has 2 aliphatic heterocycles. The number of anilines is 1. The quantitative estimate of drug-likeness (QED) is 0.0869. The van der Waals surface area contributed by atoms with Gasteiger partial charge in [-0.3, -0.25) is 24.5 Å². The molecule has 1 atom stereocenters. The standard InChI is InChI=1S/C42H40F3N5O7S/c1-49(2)37-11-5-27(23-46-37)26-4-7-32(33(22-26)42(43,44)45)40-47-34-9-3-25(20-36(34)58-40)19-29(51)13-14-55-15-16-56-17-18-57-30-6-8-31-28(21-30)24-50(41(31)54)35-10-12-38(52)48-39(35)53/h3-9,11,20-23,35H,10,12-19,24H2,1-2H3,(H,48,52,53). The van der Waals surface area contributed by atoms with Gasteiger partial charge in [-0.05, 0) is 71.6 Å². The Bertz CT molecular complexity index is 2350. The van der Waals surface area contributed by atoms with Gasteiger partial charge in [0, 0.05) is 62.8 Å². The van der Waals surface area contributed by atoms with Crippen LogP contribution in [0.15, 0.2) is 72.9 Å². The summed E-state index contributed by atoms with van der Waals surface area (Å²) in [5.41, 5.74) is 2.70. The highest BCUT2D eigenvalue weighted by molar-refractivity contribution is 7.21. The van der Waals surface area contributed by atoms with Crippen molar-refractivity contribution in [1.29, 1.82) is 0 Å². The molecule has 1 unspecified atom stereocenters. The van der Waals surface area contributed by atoms with Gasteiger partial charge in [0.2, 0.25) is 11.8 Å². The van der Waals surface area contributed by atoms with Gasteiger partial charge in [0.1, 0.15) is 35.0 Å². The minimum absolute atomic E-state index is 0.0130. The van der Waals surface area contributed by atoms with Gasteiger partial charge in [-0.2, -0.15) is 13.2 Å². The lowest BCUT2D eigenvalue weighted by Crippen LogP contribution is -2.52. The van der Waals surface area contributed by atoms with Crippen LogP contribution in [0, 0.1) is 0 Å². The lowest BCUT2D eigenvalue weighted by Gasteiger charge is -2.29. The molecule has 2 aliphatic rings. The van der Waals surface area contributed by atoms with Crippen molar-refractivity contribution >= 4 is 50.9 Å². The van der Waals surface area contributed by atoms with E-state index in [-0.39, 0.29) is 80.4 Å². The van der Waals surface area contributed by atoms with Crippen molar-refractivity contribution in [3.63, 3.8) is 0 Å². The Labute approximate surface area is 335 Å². The van der Waals surface area contributed by atoms with Crippen LogP contribution in [-0.4, -0.2) is 91.5 Å². The van der Waals surface area contributed by atoms with Crippen LogP contribution in [0.1, 0.15) is 46.3 Å². The highest BCUT2D eigenvalue weighted by Crippen LogP contribution is 2.42. The Morgan fingerprint density at radius 1 is 0.914 bits per heavy atom. The summed E-state index contributed by atoms with van der Waals surface area (Å²) in [6.07, 6.45) is -2.24. The number of imide groups is 1. The van der Waals surface area contributed by atoms with Gasteiger partial charge in [-0.1, -0.05) is 18.2 Å². The van der Waals surface area contributed by atoms with E-state index >= 15 is 0 Å². The summed E-state index contributed by atoms with van der Waals surface area (Å²) >= 11 is 1.15. The molecule has 0 bridgehead atoms. The van der Waals surface area contributed by atoms with Crippen LogP contribution in [0.2, 0.25) is 0 Å². The average molecular weight is 816 g/mol. The fraction of sp³-hybridized carbons (Fsp3) is 0.333. The molecule has 12 nitrogen and oxygen atoms in total. The summed E-state index contributed by atoms with van der Waals surface area (Å²) in [6, 6.07) is 17.4. The predicted molar refractivity (Wildman–Crippen MR) is 211 cm³/mol. The predicted octanol–water partition coefficient (Wildman–Crippen LogP) is 6.49. The molecular weight excluding hydrogens is 776 g/mol. The average Bonchev–Trinajstić information content (AvgIpc) is 3.76. The van der Waals surface area contributed by atoms with E-state index in [0.717, 1.165) is 28.5 Å². The third-order valence-corrected chi connectivity index (χ3v) is 10.9. The van der Waals surface area contributed by atoms with E-state index < -0.39 is 23.7 Å². The fourth-order valence-electron chi connectivity index (χ4n) is 6.84. The van der Waals surface area contributed by atoms with Crippen molar-refractivity contribution in [2.45, 2.75) is 44.4 Å². The van der Waals surface area contributed by atoms with Gasteiger partial charge >= 0.3 is 6.18 Å². The number of carbonyl (C=O) groups is 4. The highest BCUT2D eigenvalue weighted by Gasteiger charge is 2.39. The maximum Gasteiger partial charge on any atom is 0.417 e. The minimum Gasteiger partial charge on any atom is -0.491 e. The van der Waals surface area contributed by atoms with Gasteiger partial charge in [0.05, 0.1) is 42.2 Å². The molecule has 302 valence electrons. The topological polar surface area (TPSA) is 140 Å². The number of benzene rings is 3. The van der Waals surface area contributed by atoms with Crippen molar-refractivity contribution in [2.75, 3.05) is 52.0 Å². The summed E-state index contributed by atoms with van der Waals surface area (Å²) < 4.78 is 60.6. The van der Waals surface area contributed by atoms with Crippen LogP contribution < -0.4 is 15.0 Å². The summed E-state index contributed by atoms with van der Waals surface area (Å²) in [5.74, 6) is 0.171. The van der Waals surface area contributed by atoms with Crippen LogP contribution in [0.25, 0.3) is 31.9 Å². The first-order valence-electron chi connectivity index (χ1n) is 18.7. The maximum atomic E-state index is 14.3. The molecular formula is C42H40F3N5O7S. The second-order valence-corrected chi connectivity index (χ2v) is 15.2. The Kier molecular flexibility index (Phi) is 12.2. The molecule has 0 spiro atoms. The lowest BCUT2D eigenvalue weighted by atomic mass is 10.00. The van der Waals surface area contributed by atoms with Crippen LogP contribution in [0.3, 0.4) is 0 Å². The van der Waals surface area contributed by atoms with Crippen molar-refractivity contribution in [1.82, 2.24) is 20.2 Å². The lowest BCUT2D eigenvalue weighted by molar-refractivity contribution is -0.138. The number of carbonyl (C=O) groups excluding carboxylic acids is 4. The molecule has 7 rings (SSSR count). The number of pyridine rings is 1. The molecule has 0 aliphatic carbocycles. The van der Waals surface area contributed by atoms with E-state index in [9.17, 15) is 32.3 Å². The van der Waals surface area contributed by atoms with Crippen molar-refractivity contribution in [3.05, 3.63) is 95.2 Å². The molecule has 16 heteroatoms. The molecule has 5 aromatic rings. The summed E-state index contributed by atoms with van der Waals surface area (Å²) in [4.78, 5) is 61.5. The van der Waals surface area contributed by atoms with Gasteiger partial charge in [-0.15, -0.1) is 11.3 Å². The van der Waals surface area contributed by atoms with E-state index in [1.165, 1.54) is 11.0 Å². The first kappa shape index (κ1) is 40.5. The van der Waals surface area contributed by atoms with E-state index in [0.29, 0.717) is 51.5 Å². The number of nitrogens with zero attached hydrogens (tertiary/aromatic N) is 4. The maximum absolute atomic E-state index is 14.3. The number of aromatic nitrogens is 2. The zero-order valence-electron chi connectivity index (χ0n) is 31.8. The Morgan fingerprint density at radius 3 is 2.41 bits per heavy atom. The normalized spacial score (nSPS) is 15.5. The molecule has 3 aromatic carbocycles. The Hall–Kier alpha value is -5.71. The number of hydrogen-bond donors (Lipinski definition) is 1. The monoisotopic (exact) mass is 815 g/mol. The zero-order chi connectivity index (χ0) is 41.0. The number of halogens is 3. The summed E-state index contributed by atoms with van der Waals surface area (Å²) in [5, 5.41) is 2.53. The smallest absolute Gasteiger partial charge is 0.417 e. The van der Waals surface area contributed by atoms with Crippen molar-refractivity contribution < 1.29 is 46.6 Å². The van der Waals surface area contributed by atoms with Crippen molar-refractivity contribution in [3.8, 4) is 27.4 Å². The van der Waals surface area contributed by atoms with Crippen LogP contribution >= 0.6 is 11.3 Å².